The molecule has 0 spiro atoms. The lowest BCUT2D eigenvalue weighted by atomic mass is 9.87. The van der Waals surface area contributed by atoms with Crippen molar-refractivity contribution >= 4 is 23.4 Å². The molecular weight excluding hydrogens is 266 g/mol. The summed E-state index contributed by atoms with van der Waals surface area (Å²) >= 11 is 5.47. The number of rotatable bonds is 6. The molecule has 3 nitrogen and oxygen atoms in total. The zero-order valence-corrected chi connectivity index (χ0v) is 13.8. The molecule has 2 aromatic rings. The lowest BCUT2D eigenvalue weighted by molar-refractivity contribution is 0.273. The Hall–Kier alpha value is -1.16. The molecule has 0 aliphatic heterocycles. The smallest absolute Gasteiger partial charge is 0.179 e. The van der Waals surface area contributed by atoms with Crippen LogP contribution in [0.5, 0.6) is 0 Å². The zero-order valence-electron chi connectivity index (χ0n) is 13.0. The normalized spacial score (nSPS) is 12.2. The van der Waals surface area contributed by atoms with Crippen LogP contribution in [0.25, 0.3) is 11.2 Å². The number of hydrogen-bond acceptors (Lipinski definition) is 2. The molecule has 0 unspecified atom stereocenters. The van der Waals surface area contributed by atoms with Crippen LogP contribution < -0.4 is 0 Å². The summed E-state index contributed by atoms with van der Waals surface area (Å²) in [6, 6.07) is 2.11. The van der Waals surface area contributed by atoms with E-state index in [1.807, 2.05) is 6.20 Å². The van der Waals surface area contributed by atoms with Gasteiger partial charge < -0.3 is 9.55 Å². The van der Waals surface area contributed by atoms with Crippen LogP contribution >= 0.6 is 12.2 Å². The van der Waals surface area contributed by atoms with Crippen molar-refractivity contribution in [2.75, 3.05) is 0 Å². The molecule has 20 heavy (non-hydrogen) atoms. The molecule has 0 aliphatic carbocycles. The van der Waals surface area contributed by atoms with Gasteiger partial charge in [-0.1, -0.05) is 40.0 Å². The van der Waals surface area contributed by atoms with Gasteiger partial charge in [0.2, 0.25) is 0 Å². The molecule has 0 radical (unpaired) electrons. The van der Waals surface area contributed by atoms with Crippen molar-refractivity contribution in [2.45, 2.75) is 59.9 Å². The molecule has 2 aromatic heterocycles. The van der Waals surface area contributed by atoms with Crippen LogP contribution in [0.2, 0.25) is 0 Å². The van der Waals surface area contributed by atoms with E-state index in [1.165, 1.54) is 25.7 Å². The van der Waals surface area contributed by atoms with Gasteiger partial charge in [0.15, 0.2) is 10.4 Å². The summed E-state index contributed by atoms with van der Waals surface area (Å²) in [6.07, 6.45) is 6.99. The monoisotopic (exact) mass is 291 g/mol. The van der Waals surface area contributed by atoms with E-state index in [0.717, 1.165) is 28.0 Å². The Kier molecular flexibility index (Phi) is 4.63. The maximum atomic E-state index is 5.47. The van der Waals surface area contributed by atoms with Gasteiger partial charge in [0, 0.05) is 12.7 Å². The van der Waals surface area contributed by atoms with Gasteiger partial charge in [0.25, 0.3) is 0 Å². The van der Waals surface area contributed by atoms with Gasteiger partial charge in [-0.25, -0.2) is 4.98 Å². The summed E-state index contributed by atoms with van der Waals surface area (Å²) in [7, 11) is 0. The molecule has 0 aromatic carbocycles. The highest BCUT2D eigenvalue weighted by Gasteiger charge is 2.20. The van der Waals surface area contributed by atoms with E-state index in [4.69, 9.17) is 12.2 Å². The van der Waals surface area contributed by atoms with E-state index in [1.54, 1.807) is 0 Å². The summed E-state index contributed by atoms with van der Waals surface area (Å²) < 4.78 is 2.93. The minimum absolute atomic E-state index is 0.245. The second kappa shape index (κ2) is 6.08. The Bertz CT molecular complexity index is 637. The van der Waals surface area contributed by atoms with Gasteiger partial charge in [-0.3, -0.25) is 0 Å². The number of imidazole rings is 1. The Balaban J connectivity index is 2.24. The van der Waals surface area contributed by atoms with Crippen LogP contribution in [0.3, 0.4) is 0 Å². The Morgan fingerprint density at radius 3 is 2.80 bits per heavy atom. The minimum Gasteiger partial charge on any atom is -0.329 e. The molecule has 0 saturated heterocycles. The number of H-pyrrole nitrogens is 1. The maximum absolute atomic E-state index is 5.47. The van der Waals surface area contributed by atoms with E-state index >= 15 is 0 Å². The number of nitrogens with one attached hydrogen (secondary N) is 1. The highest BCUT2D eigenvalue weighted by Crippen LogP contribution is 2.27. The van der Waals surface area contributed by atoms with Gasteiger partial charge in [-0.15, -0.1) is 0 Å². The van der Waals surface area contributed by atoms with Crippen molar-refractivity contribution in [2.24, 2.45) is 5.41 Å². The highest BCUT2D eigenvalue weighted by molar-refractivity contribution is 7.71. The maximum Gasteiger partial charge on any atom is 0.179 e. The molecule has 0 atom stereocenters. The predicted octanol–water partition coefficient (Wildman–Crippen LogP) is 5.01. The number of fused-ring (bicyclic) bond motifs is 1. The Morgan fingerprint density at radius 1 is 1.35 bits per heavy atom. The summed E-state index contributed by atoms with van der Waals surface area (Å²) in [4.78, 5) is 7.82. The highest BCUT2D eigenvalue weighted by atomic mass is 32.1. The topological polar surface area (TPSA) is 33.6 Å². The number of hydrogen-bond donors (Lipinski definition) is 1. The van der Waals surface area contributed by atoms with E-state index in [0.29, 0.717) is 0 Å². The van der Waals surface area contributed by atoms with Crippen LogP contribution in [0.15, 0.2) is 12.3 Å². The minimum atomic E-state index is 0.245. The van der Waals surface area contributed by atoms with Crippen LogP contribution in [0, 0.1) is 17.1 Å². The molecule has 0 fully saturated rings. The third-order valence-corrected chi connectivity index (χ3v) is 4.11. The van der Waals surface area contributed by atoms with Crippen LogP contribution in [-0.2, 0) is 6.54 Å². The van der Waals surface area contributed by atoms with Gasteiger partial charge in [-0.2, -0.15) is 0 Å². The fraction of sp³-hybridized carbons (Fsp3) is 0.625. The summed E-state index contributed by atoms with van der Waals surface area (Å²) in [6.45, 7) is 9.85. The molecule has 4 heteroatoms. The molecule has 0 saturated carbocycles. The lowest BCUT2D eigenvalue weighted by Gasteiger charge is -2.25. The van der Waals surface area contributed by atoms with E-state index in [9.17, 15) is 0 Å². The first-order valence-electron chi connectivity index (χ1n) is 7.48. The summed E-state index contributed by atoms with van der Waals surface area (Å²) in [5.74, 6) is 0. The fourth-order valence-corrected chi connectivity index (χ4v) is 2.92. The average Bonchev–Trinajstić information content (AvgIpc) is 2.65. The molecule has 0 amide bonds. The number of aromatic amines is 1. The molecule has 0 bridgehead atoms. The molecule has 2 heterocycles. The second-order valence-electron chi connectivity index (χ2n) is 6.52. The molecular formula is C16H25N3S. The number of pyridine rings is 1. The van der Waals surface area contributed by atoms with Crippen molar-refractivity contribution in [3.63, 3.8) is 0 Å². The molecule has 110 valence electrons. The number of nitrogens with zero attached hydrogens (tertiary/aromatic N) is 2. The van der Waals surface area contributed by atoms with Crippen LogP contribution in [-0.4, -0.2) is 14.5 Å². The van der Waals surface area contributed by atoms with E-state index in [-0.39, 0.29) is 5.41 Å². The van der Waals surface area contributed by atoms with Crippen molar-refractivity contribution in [1.82, 2.24) is 14.5 Å². The van der Waals surface area contributed by atoms with Crippen molar-refractivity contribution < 1.29 is 0 Å². The summed E-state index contributed by atoms with van der Waals surface area (Å²) in [5, 5.41) is 0. The number of aromatic nitrogens is 3. The molecule has 1 N–H and O–H groups in total. The number of unbranched alkanes of at least 4 members (excludes halogenated alkanes) is 2. The first-order valence-corrected chi connectivity index (χ1v) is 7.89. The van der Waals surface area contributed by atoms with Crippen LogP contribution in [0.1, 0.15) is 52.0 Å². The van der Waals surface area contributed by atoms with Gasteiger partial charge >= 0.3 is 0 Å². The van der Waals surface area contributed by atoms with E-state index in [2.05, 4.69) is 48.3 Å². The molecule has 2 rings (SSSR count). The van der Waals surface area contributed by atoms with Gasteiger partial charge in [-0.05, 0) is 42.6 Å². The summed E-state index contributed by atoms with van der Waals surface area (Å²) in [5.41, 5.74) is 3.42. The third kappa shape index (κ3) is 3.48. The predicted molar refractivity (Wildman–Crippen MR) is 87.6 cm³/mol. The van der Waals surface area contributed by atoms with Crippen molar-refractivity contribution in [3.05, 3.63) is 22.6 Å². The second-order valence-corrected chi connectivity index (χ2v) is 6.91. The standard InChI is InChI=1S/C16H25N3S/c1-5-6-7-8-16(3,4)11-19-14-13(18-15(19)20)9-12(2)10-17-14/h9-10H,5-8,11H2,1-4H3,(H,18,20). The largest absolute Gasteiger partial charge is 0.329 e. The zero-order chi connectivity index (χ0) is 14.8. The fourth-order valence-electron chi connectivity index (χ4n) is 2.66. The van der Waals surface area contributed by atoms with Crippen molar-refractivity contribution in [1.29, 1.82) is 0 Å². The Morgan fingerprint density at radius 2 is 2.10 bits per heavy atom. The van der Waals surface area contributed by atoms with Gasteiger partial charge in [0.1, 0.15) is 0 Å². The van der Waals surface area contributed by atoms with Gasteiger partial charge in [0.05, 0.1) is 5.52 Å². The Labute approximate surface area is 126 Å². The molecule has 0 aliphatic rings. The number of aryl methyl sites for hydroxylation is 1. The first-order chi connectivity index (χ1) is 9.43. The lowest BCUT2D eigenvalue weighted by Crippen LogP contribution is -2.20. The quantitative estimate of drug-likeness (QED) is 0.599. The van der Waals surface area contributed by atoms with Crippen molar-refractivity contribution in [3.8, 4) is 0 Å². The SMILES string of the molecule is CCCCCC(C)(C)Cn1c(=S)[nH]c2cc(C)cnc21. The third-order valence-electron chi connectivity index (χ3n) is 3.79. The van der Waals surface area contributed by atoms with E-state index < -0.39 is 0 Å². The van der Waals surface area contributed by atoms with Crippen LogP contribution in [0.4, 0.5) is 0 Å². The average molecular weight is 291 g/mol. The first kappa shape index (κ1) is 15.2.